The number of halogens is 2. The van der Waals surface area contributed by atoms with Crippen molar-refractivity contribution in [2.45, 2.75) is 0 Å². The predicted octanol–water partition coefficient (Wildman–Crippen LogP) is 4.14. The number of ether oxygens (including phenoxy) is 1. The van der Waals surface area contributed by atoms with Crippen LogP contribution < -0.4 is 10.1 Å². The first-order chi connectivity index (χ1) is 9.51. The number of hydrogen-bond donors (Lipinski definition) is 1. The van der Waals surface area contributed by atoms with Crippen molar-refractivity contribution in [1.82, 2.24) is 0 Å². The van der Waals surface area contributed by atoms with Gasteiger partial charge in [-0.2, -0.15) is 0 Å². The summed E-state index contributed by atoms with van der Waals surface area (Å²) in [6, 6.07) is 8.25. The Kier molecular flexibility index (Phi) is 4.05. The number of rotatable bonds is 4. The third-order valence-corrected chi connectivity index (χ3v) is 2.89. The number of benzene rings is 2. The van der Waals surface area contributed by atoms with Crippen LogP contribution in [0.15, 0.2) is 36.4 Å². The highest BCUT2D eigenvalue weighted by Crippen LogP contribution is 2.32. The quantitative estimate of drug-likeness (QED) is 0.680. The van der Waals surface area contributed by atoms with Crippen LogP contribution in [0.2, 0.25) is 5.02 Å². The number of nitro groups is 1. The molecule has 5 nitrogen and oxygen atoms in total. The average molecular weight is 297 g/mol. The molecule has 0 aromatic heterocycles. The molecule has 2 aromatic carbocycles. The van der Waals surface area contributed by atoms with Gasteiger partial charge in [0.2, 0.25) is 0 Å². The first kappa shape index (κ1) is 14.1. The Bertz CT molecular complexity index is 664. The summed E-state index contributed by atoms with van der Waals surface area (Å²) < 4.78 is 18.1. The lowest BCUT2D eigenvalue weighted by molar-refractivity contribution is -0.383. The molecule has 0 unspecified atom stereocenters. The molecule has 0 bridgehead atoms. The molecule has 0 saturated carbocycles. The standard InChI is InChI=1S/C13H10ClFN2O3/c1-20-9-3-5-13(17(18)19)12(7-9)16-8-2-4-11(15)10(14)6-8/h2-7,16H,1H3. The smallest absolute Gasteiger partial charge is 0.292 e. The molecule has 1 N–H and O–H groups in total. The normalized spacial score (nSPS) is 10.2. The van der Waals surface area contributed by atoms with Gasteiger partial charge < -0.3 is 10.1 Å². The summed E-state index contributed by atoms with van der Waals surface area (Å²) in [7, 11) is 1.46. The summed E-state index contributed by atoms with van der Waals surface area (Å²) in [5.74, 6) is -0.0938. The van der Waals surface area contributed by atoms with Crippen LogP contribution in [0.3, 0.4) is 0 Å². The van der Waals surface area contributed by atoms with E-state index in [0.29, 0.717) is 11.4 Å². The number of nitrogens with one attached hydrogen (secondary N) is 1. The zero-order valence-electron chi connectivity index (χ0n) is 10.4. The van der Waals surface area contributed by atoms with E-state index in [2.05, 4.69) is 5.32 Å². The van der Waals surface area contributed by atoms with Crippen molar-refractivity contribution in [1.29, 1.82) is 0 Å². The number of anilines is 2. The van der Waals surface area contributed by atoms with E-state index in [1.165, 1.54) is 43.5 Å². The summed E-state index contributed by atoms with van der Waals surface area (Å²) in [6.07, 6.45) is 0. The minimum absolute atomic E-state index is 0.0689. The summed E-state index contributed by atoms with van der Waals surface area (Å²) in [5.41, 5.74) is 0.552. The molecule has 0 aliphatic heterocycles. The summed E-state index contributed by atoms with van der Waals surface area (Å²) in [5, 5.41) is 13.7. The number of nitrogens with zero attached hydrogens (tertiary/aromatic N) is 1. The molecule has 2 rings (SSSR count). The third kappa shape index (κ3) is 2.97. The minimum atomic E-state index is -0.558. The Morgan fingerprint density at radius 2 is 2.05 bits per heavy atom. The predicted molar refractivity (Wildman–Crippen MR) is 74.3 cm³/mol. The van der Waals surface area contributed by atoms with Crippen molar-refractivity contribution < 1.29 is 14.1 Å². The largest absolute Gasteiger partial charge is 0.497 e. The van der Waals surface area contributed by atoms with E-state index in [0.717, 1.165) is 0 Å². The summed E-state index contributed by atoms with van der Waals surface area (Å²) >= 11 is 5.67. The second-order valence-corrected chi connectivity index (χ2v) is 4.30. The van der Waals surface area contributed by atoms with Gasteiger partial charge in [-0.1, -0.05) is 11.6 Å². The Balaban J connectivity index is 2.40. The van der Waals surface area contributed by atoms with Crippen molar-refractivity contribution in [3.63, 3.8) is 0 Å². The Morgan fingerprint density at radius 1 is 1.30 bits per heavy atom. The van der Waals surface area contributed by atoms with Crippen LogP contribution in [0.4, 0.5) is 21.5 Å². The number of methoxy groups -OCH3 is 1. The molecule has 7 heteroatoms. The van der Waals surface area contributed by atoms with E-state index < -0.39 is 10.7 Å². The van der Waals surface area contributed by atoms with Gasteiger partial charge in [-0.3, -0.25) is 10.1 Å². The molecule has 104 valence electrons. The van der Waals surface area contributed by atoms with Crippen LogP contribution >= 0.6 is 11.6 Å². The zero-order chi connectivity index (χ0) is 14.7. The van der Waals surface area contributed by atoms with Gasteiger partial charge in [-0.15, -0.1) is 0 Å². The molecule has 0 heterocycles. The number of hydrogen-bond acceptors (Lipinski definition) is 4. The van der Waals surface area contributed by atoms with Gasteiger partial charge in [0, 0.05) is 17.8 Å². The van der Waals surface area contributed by atoms with E-state index in [1.54, 1.807) is 0 Å². The molecule has 0 aliphatic rings. The van der Waals surface area contributed by atoms with Gasteiger partial charge >= 0.3 is 0 Å². The molecule has 2 aromatic rings. The molecule has 0 saturated heterocycles. The van der Waals surface area contributed by atoms with E-state index >= 15 is 0 Å². The van der Waals surface area contributed by atoms with Crippen LogP contribution in [0.1, 0.15) is 0 Å². The maximum atomic E-state index is 13.1. The van der Waals surface area contributed by atoms with Gasteiger partial charge in [0.1, 0.15) is 17.3 Å². The third-order valence-electron chi connectivity index (χ3n) is 2.60. The van der Waals surface area contributed by atoms with Crippen molar-refractivity contribution >= 4 is 28.7 Å². The lowest BCUT2D eigenvalue weighted by Gasteiger charge is -2.09. The maximum absolute atomic E-state index is 13.1. The molecule has 0 fully saturated rings. The molecular formula is C13H10ClFN2O3. The molecule has 20 heavy (non-hydrogen) atoms. The van der Waals surface area contributed by atoms with E-state index in [4.69, 9.17) is 16.3 Å². The first-order valence-corrected chi connectivity index (χ1v) is 5.93. The fraction of sp³-hybridized carbons (Fsp3) is 0.0769. The average Bonchev–Trinajstić information content (AvgIpc) is 2.42. The fourth-order valence-electron chi connectivity index (χ4n) is 1.63. The van der Waals surface area contributed by atoms with E-state index in [1.807, 2.05) is 0 Å². The monoisotopic (exact) mass is 296 g/mol. The lowest BCUT2D eigenvalue weighted by atomic mass is 10.2. The van der Waals surface area contributed by atoms with Gasteiger partial charge in [0.15, 0.2) is 0 Å². The van der Waals surface area contributed by atoms with Crippen molar-refractivity contribution in [3.8, 4) is 5.75 Å². The van der Waals surface area contributed by atoms with Crippen LogP contribution in [0.5, 0.6) is 5.75 Å². The van der Waals surface area contributed by atoms with Crippen LogP contribution in [0.25, 0.3) is 0 Å². The topological polar surface area (TPSA) is 64.4 Å². The van der Waals surface area contributed by atoms with E-state index in [9.17, 15) is 14.5 Å². The molecular weight excluding hydrogens is 287 g/mol. The highest BCUT2D eigenvalue weighted by Gasteiger charge is 2.15. The molecule has 0 aliphatic carbocycles. The van der Waals surface area contributed by atoms with Crippen molar-refractivity contribution in [3.05, 3.63) is 57.4 Å². The molecule has 0 radical (unpaired) electrons. The van der Waals surface area contributed by atoms with Gasteiger partial charge in [-0.25, -0.2) is 4.39 Å². The SMILES string of the molecule is COc1ccc([N+](=O)[O-])c(Nc2ccc(F)c(Cl)c2)c1. The van der Waals surface area contributed by atoms with Gasteiger partial charge in [0.25, 0.3) is 5.69 Å². The second kappa shape index (κ2) is 5.75. The first-order valence-electron chi connectivity index (χ1n) is 5.56. The fourth-order valence-corrected chi connectivity index (χ4v) is 1.81. The Hall–Kier alpha value is -2.34. The van der Waals surface area contributed by atoms with Gasteiger partial charge in [-0.05, 0) is 24.3 Å². The minimum Gasteiger partial charge on any atom is -0.497 e. The van der Waals surface area contributed by atoms with Crippen LogP contribution in [0, 0.1) is 15.9 Å². The second-order valence-electron chi connectivity index (χ2n) is 3.89. The van der Waals surface area contributed by atoms with E-state index in [-0.39, 0.29) is 16.4 Å². The van der Waals surface area contributed by atoms with Gasteiger partial charge in [0.05, 0.1) is 17.1 Å². The lowest BCUT2D eigenvalue weighted by Crippen LogP contribution is -1.98. The molecule has 0 amide bonds. The van der Waals surface area contributed by atoms with Crippen LogP contribution in [-0.2, 0) is 0 Å². The number of nitro benzene ring substituents is 1. The zero-order valence-corrected chi connectivity index (χ0v) is 11.1. The Labute approximate surface area is 119 Å². The Morgan fingerprint density at radius 3 is 2.65 bits per heavy atom. The summed E-state index contributed by atoms with van der Waals surface area (Å²) in [6.45, 7) is 0. The van der Waals surface area contributed by atoms with Crippen molar-refractivity contribution in [2.75, 3.05) is 12.4 Å². The highest BCUT2D eigenvalue weighted by atomic mass is 35.5. The van der Waals surface area contributed by atoms with Crippen LogP contribution in [-0.4, -0.2) is 12.0 Å². The summed E-state index contributed by atoms with van der Waals surface area (Å²) in [4.78, 5) is 10.5. The molecule has 0 spiro atoms. The maximum Gasteiger partial charge on any atom is 0.292 e. The van der Waals surface area contributed by atoms with Crippen molar-refractivity contribution in [2.24, 2.45) is 0 Å². The highest BCUT2D eigenvalue weighted by molar-refractivity contribution is 6.31. The molecule has 0 atom stereocenters.